The predicted octanol–water partition coefficient (Wildman–Crippen LogP) is 1.69. The zero-order chi connectivity index (χ0) is 11.8. The van der Waals surface area contributed by atoms with E-state index < -0.39 is 6.29 Å². The molecule has 3 nitrogen and oxygen atoms in total. The van der Waals surface area contributed by atoms with Gasteiger partial charge in [0.15, 0.2) is 6.29 Å². The number of nitrogens with zero attached hydrogens (tertiary/aromatic N) is 1. The fourth-order valence-corrected chi connectivity index (χ4v) is 1.66. The minimum Gasteiger partial charge on any atom is -0.368 e. The van der Waals surface area contributed by atoms with Crippen LogP contribution in [0.4, 0.5) is 0 Å². The van der Waals surface area contributed by atoms with Gasteiger partial charge >= 0.3 is 0 Å². The van der Waals surface area contributed by atoms with Crippen molar-refractivity contribution in [3.8, 4) is 0 Å². The molecule has 0 aliphatic carbocycles. The highest BCUT2D eigenvalue weighted by molar-refractivity contribution is 4.65. The normalized spacial score (nSPS) is 14.2. The van der Waals surface area contributed by atoms with Crippen LogP contribution in [0.3, 0.4) is 0 Å². The number of hydrogen-bond acceptors (Lipinski definition) is 3. The van der Waals surface area contributed by atoms with Gasteiger partial charge in [0.1, 0.15) is 0 Å². The molecule has 1 atom stereocenters. The van der Waals surface area contributed by atoms with Crippen LogP contribution >= 0.6 is 0 Å². The van der Waals surface area contributed by atoms with E-state index >= 15 is 0 Å². The van der Waals surface area contributed by atoms with E-state index in [-0.39, 0.29) is 5.92 Å². The molecule has 0 heterocycles. The van der Waals surface area contributed by atoms with Gasteiger partial charge in [-0.25, -0.2) is 0 Å². The molecule has 0 spiro atoms. The molecule has 0 bridgehead atoms. The van der Waals surface area contributed by atoms with Crippen molar-refractivity contribution >= 4 is 0 Å². The van der Waals surface area contributed by atoms with Crippen LogP contribution in [-0.4, -0.2) is 41.0 Å². The quantitative estimate of drug-likeness (QED) is 0.608. The summed E-state index contributed by atoms with van der Waals surface area (Å²) in [6.45, 7) is 11.3. The third-order valence-corrected chi connectivity index (χ3v) is 2.51. The highest BCUT2D eigenvalue weighted by Crippen LogP contribution is 2.08. The van der Waals surface area contributed by atoms with Crippen molar-refractivity contribution in [2.45, 2.75) is 46.8 Å². The summed E-state index contributed by atoms with van der Waals surface area (Å²) in [5.41, 5.74) is 0. The number of aliphatic hydroxyl groups is 2. The standard InChI is InChI=1S/C12H27NO2/c1-5-6-7-13(8-10(2)3)9-11(4)12(14)15/h10-12,14-15H,5-9H2,1-4H3. The summed E-state index contributed by atoms with van der Waals surface area (Å²) in [6.07, 6.45) is 1.17. The Morgan fingerprint density at radius 2 is 1.67 bits per heavy atom. The lowest BCUT2D eigenvalue weighted by Gasteiger charge is -2.27. The second-order valence-corrected chi connectivity index (χ2v) is 4.90. The third-order valence-electron chi connectivity index (χ3n) is 2.51. The Labute approximate surface area is 94.1 Å². The van der Waals surface area contributed by atoms with E-state index in [1.54, 1.807) is 0 Å². The van der Waals surface area contributed by atoms with Crippen LogP contribution < -0.4 is 0 Å². The van der Waals surface area contributed by atoms with Gasteiger partial charge < -0.3 is 15.1 Å². The van der Waals surface area contributed by atoms with Crippen molar-refractivity contribution < 1.29 is 10.2 Å². The van der Waals surface area contributed by atoms with Crippen LogP contribution in [0.15, 0.2) is 0 Å². The van der Waals surface area contributed by atoms with Crippen LogP contribution in [0.1, 0.15) is 40.5 Å². The summed E-state index contributed by atoms with van der Waals surface area (Å²) in [5.74, 6) is 0.561. The Kier molecular flexibility index (Phi) is 8.02. The second-order valence-electron chi connectivity index (χ2n) is 4.90. The largest absolute Gasteiger partial charge is 0.368 e. The smallest absolute Gasteiger partial charge is 0.155 e. The molecule has 0 aliphatic rings. The zero-order valence-corrected chi connectivity index (χ0v) is 10.6. The van der Waals surface area contributed by atoms with Crippen LogP contribution in [-0.2, 0) is 0 Å². The molecule has 0 radical (unpaired) electrons. The minimum absolute atomic E-state index is 0.0689. The fourth-order valence-electron chi connectivity index (χ4n) is 1.66. The molecule has 0 saturated heterocycles. The Morgan fingerprint density at radius 3 is 2.07 bits per heavy atom. The second kappa shape index (κ2) is 8.08. The molecule has 0 aromatic rings. The molecule has 0 rings (SSSR count). The van der Waals surface area contributed by atoms with Gasteiger partial charge in [-0.3, -0.25) is 0 Å². The van der Waals surface area contributed by atoms with Crippen molar-refractivity contribution in [3.05, 3.63) is 0 Å². The van der Waals surface area contributed by atoms with E-state index in [4.69, 9.17) is 10.2 Å². The molecule has 0 aliphatic heterocycles. The van der Waals surface area contributed by atoms with Gasteiger partial charge in [0.2, 0.25) is 0 Å². The monoisotopic (exact) mass is 217 g/mol. The van der Waals surface area contributed by atoms with Crippen molar-refractivity contribution in [2.75, 3.05) is 19.6 Å². The van der Waals surface area contributed by atoms with E-state index in [1.165, 1.54) is 12.8 Å². The molecular formula is C12H27NO2. The Balaban J connectivity index is 3.99. The molecule has 92 valence electrons. The summed E-state index contributed by atoms with van der Waals surface area (Å²) in [5, 5.41) is 18.1. The Hall–Kier alpha value is -0.120. The first-order valence-electron chi connectivity index (χ1n) is 6.05. The summed E-state index contributed by atoms with van der Waals surface area (Å²) in [6, 6.07) is 0. The average molecular weight is 217 g/mol. The average Bonchev–Trinajstić information content (AvgIpc) is 2.13. The number of hydrogen-bond donors (Lipinski definition) is 2. The fraction of sp³-hybridized carbons (Fsp3) is 1.00. The molecule has 0 aromatic carbocycles. The van der Waals surface area contributed by atoms with Gasteiger partial charge in [-0.05, 0) is 18.9 Å². The molecular weight excluding hydrogens is 190 g/mol. The molecule has 0 aromatic heterocycles. The van der Waals surface area contributed by atoms with E-state index in [9.17, 15) is 0 Å². The highest BCUT2D eigenvalue weighted by Gasteiger charge is 2.15. The minimum atomic E-state index is -1.19. The summed E-state index contributed by atoms with van der Waals surface area (Å²) < 4.78 is 0. The SMILES string of the molecule is CCCCN(CC(C)C)CC(C)C(O)O. The van der Waals surface area contributed by atoms with Crippen molar-refractivity contribution in [1.29, 1.82) is 0 Å². The summed E-state index contributed by atoms with van der Waals surface area (Å²) >= 11 is 0. The lowest BCUT2D eigenvalue weighted by atomic mass is 10.1. The number of rotatable bonds is 8. The lowest BCUT2D eigenvalue weighted by molar-refractivity contribution is -0.0859. The maximum atomic E-state index is 9.06. The van der Waals surface area contributed by atoms with E-state index in [0.29, 0.717) is 5.92 Å². The van der Waals surface area contributed by atoms with E-state index in [0.717, 1.165) is 19.6 Å². The predicted molar refractivity (Wildman–Crippen MR) is 63.6 cm³/mol. The van der Waals surface area contributed by atoms with Gasteiger partial charge in [0.05, 0.1) is 0 Å². The topological polar surface area (TPSA) is 43.7 Å². The molecule has 0 saturated carbocycles. The van der Waals surface area contributed by atoms with Gasteiger partial charge in [-0.2, -0.15) is 0 Å². The Bertz CT molecular complexity index is 149. The van der Waals surface area contributed by atoms with Crippen molar-refractivity contribution in [2.24, 2.45) is 11.8 Å². The van der Waals surface area contributed by atoms with Gasteiger partial charge in [-0.1, -0.05) is 34.1 Å². The lowest BCUT2D eigenvalue weighted by Crippen LogP contribution is -2.36. The maximum absolute atomic E-state index is 9.06. The molecule has 0 amide bonds. The number of aliphatic hydroxyl groups excluding tert-OH is 1. The van der Waals surface area contributed by atoms with E-state index in [1.807, 2.05) is 6.92 Å². The zero-order valence-electron chi connectivity index (χ0n) is 10.6. The van der Waals surface area contributed by atoms with Crippen LogP contribution in [0, 0.1) is 11.8 Å². The molecule has 1 unspecified atom stereocenters. The Morgan fingerprint density at radius 1 is 1.07 bits per heavy atom. The third kappa shape index (κ3) is 7.77. The molecule has 0 fully saturated rings. The van der Waals surface area contributed by atoms with Gasteiger partial charge in [0.25, 0.3) is 0 Å². The van der Waals surface area contributed by atoms with Crippen LogP contribution in [0.25, 0.3) is 0 Å². The maximum Gasteiger partial charge on any atom is 0.155 e. The van der Waals surface area contributed by atoms with Crippen molar-refractivity contribution in [3.63, 3.8) is 0 Å². The number of unbranched alkanes of at least 4 members (excludes halogenated alkanes) is 1. The van der Waals surface area contributed by atoms with Crippen LogP contribution in [0.2, 0.25) is 0 Å². The van der Waals surface area contributed by atoms with Crippen LogP contribution in [0.5, 0.6) is 0 Å². The van der Waals surface area contributed by atoms with Gasteiger partial charge in [-0.15, -0.1) is 0 Å². The van der Waals surface area contributed by atoms with Gasteiger partial charge in [0, 0.05) is 19.0 Å². The summed E-state index contributed by atoms with van der Waals surface area (Å²) in [4.78, 5) is 2.33. The summed E-state index contributed by atoms with van der Waals surface area (Å²) in [7, 11) is 0. The first-order chi connectivity index (χ1) is 6.97. The van der Waals surface area contributed by atoms with Crippen molar-refractivity contribution in [1.82, 2.24) is 4.90 Å². The molecule has 3 heteroatoms. The molecule has 15 heavy (non-hydrogen) atoms. The highest BCUT2D eigenvalue weighted by atomic mass is 16.5. The molecule has 2 N–H and O–H groups in total. The van der Waals surface area contributed by atoms with E-state index in [2.05, 4.69) is 25.7 Å². The first kappa shape index (κ1) is 14.9. The first-order valence-corrected chi connectivity index (χ1v) is 6.05.